The number of aliphatic hydroxyl groups is 1. The molecule has 1 aromatic carbocycles. The van der Waals surface area contributed by atoms with Crippen molar-refractivity contribution in [3.8, 4) is 5.75 Å². The number of guanidine groups is 2. The Hall–Kier alpha value is -4.64. The Kier molecular flexibility index (Phi) is 15.0. The fraction of sp³-hybridized carbons (Fsp3) is 0.500. The van der Waals surface area contributed by atoms with E-state index in [4.69, 9.17) is 28.7 Å². The average molecular weight is 581 g/mol. The standard InChI is InChI=1S/C24H40N10O7/c25-15(3-1-9-30-23(26)27)19(37)33-17(11-13-5-7-14(36)8-6-13)20(38)34-18(12-35)21(39)32-16(22(40)41)4-2-10-31-24(28)29/h5-8,15-18,35-36H,1-4,9-12,25H2,(H,32,39)(H,33,37)(H,34,38)(H,40,41)(H4,26,27,30)(H4,28,29,31). The van der Waals surface area contributed by atoms with Crippen molar-refractivity contribution in [2.24, 2.45) is 38.7 Å². The third-order valence-electron chi connectivity index (χ3n) is 5.69. The lowest BCUT2D eigenvalue weighted by Gasteiger charge is -2.24. The second kappa shape index (κ2) is 17.9. The molecule has 0 aliphatic heterocycles. The summed E-state index contributed by atoms with van der Waals surface area (Å²) in [6, 6.07) is 0.732. The molecule has 0 saturated carbocycles. The Morgan fingerprint density at radius 3 is 1.76 bits per heavy atom. The number of carboxylic acid groups (broad SMARTS) is 1. The van der Waals surface area contributed by atoms with Crippen molar-refractivity contribution in [1.29, 1.82) is 0 Å². The highest BCUT2D eigenvalue weighted by molar-refractivity contribution is 5.94. The van der Waals surface area contributed by atoms with E-state index in [0.717, 1.165) is 0 Å². The molecule has 41 heavy (non-hydrogen) atoms. The molecule has 16 N–H and O–H groups in total. The van der Waals surface area contributed by atoms with Crippen molar-refractivity contribution >= 4 is 35.6 Å². The highest BCUT2D eigenvalue weighted by Crippen LogP contribution is 2.12. The van der Waals surface area contributed by atoms with E-state index >= 15 is 0 Å². The normalized spacial score (nSPS) is 13.5. The number of nitrogens with one attached hydrogen (secondary N) is 3. The molecule has 0 aromatic heterocycles. The van der Waals surface area contributed by atoms with Crippen molar-refractivity contribution in [2.75, 3.05) is 19.7 Å². The lowest BCUT2D eigenvalue weighted by molar-refractivity contribution is -0.142. The van der Waals surface area contributed by atoms with Gasteiger partial charge >= 0.3 is 5.97 Å². The number of phenols is 1. The number of hydrogen-bond acceptors (Lipinski definition) is 9. The molecule has 17 heteroatoms. The van der Waals surface area contributed by atoms with E-state index in [1.807, 2.05) is 0 Å². The first-order valence-corrected chi connectivity index (χ1v) is 12.7. The molecule has 4 unspecified atom stereocenters. The van der Waals surface area contributed by atoms with Gasteiger partial charge in [-0.25, -0.2) is 4.79 Å². The van der Waals surface area contributed by atoms with Gasteiger partial charge in [-0.05, 0) is 43.4 Å². The number of carboxylic acids is 1. The van der Waals surface area contributed by atoms with Gasteiger partial charge in [-0.1, -0.05) is 12.1 Å². The van der Waals surface area contributed by atoms with E-state index in [1.54, 1.807) is 0 Å². The van der Waals surface area contributed by atoms with Gasteiger partial charge < -0.3 is 59.9 Å². The van der Waals surface area contributed by atoms with Crippen LogP contribution >= 0.6 is 0 Å². The van der Waals surface area contributed by atoms with E-state index in [9.17, 15) is 34.5 Å². The first kappa shape index (κ1) is 34.4. The smallest absolute Gasteiger partial charge is 0.326 e. The number of benzene rings is 1. The number of amides is 3. The Morgan fingerprint density at radius 2 is 1.24 bits per heavy atom. The van der Waals surface area contributed by atoms with Crippen LogP contribution in [0.1, 0.15) is 31.2 Å². The summed E-state index contributed by atoms with van der Waals surface area (Å²) in [7, 11) is 0. The van der Waals surface area contributed by atoms with Gasteiger partial charge in [0, 0.05) is 19.5 Å². The largest absolute Gasteiger partial charge is 0.508 e. The minimum Gasteiger partial charge on any atom is -0.508 e. The van der Waals surface area contributed by atoms with Crippen LogP contribution < -0.4 is 44.6 Å². The van der Waals surface area contributed by atoms with Crippen molar-refractivity contribution in [3.63, 3.8) is 0 Å². The Morgan fingerprint density at radius 1 is 0.756 bits per heavy atom. The molecule has 1 aromatic rings. The van der Waals surface area contributed by atoms with Crippen LogP contribution in [0.3, 0.4) is 0 Å². The molecule has 0 aliphatic rings. The first-order chi connectivity index (χ1) is 19.3. The molecule has 0 saturated heterocycles. The number of phenolic OH excluding ortho intramolecular Hbond substituents is 1. The number of aliphatic carboxylic acids is 1. The molecule has 0 heterocycles. The molecule has 228 valence electrons. The number of rotatable bonds is 18. The van der Waals surface area contributed by atoms with E-state index in [0.29, 0.717) is 12.0 Å². The summed E-state index contributed by atoms with van der Waals surface area (Å²) in [5, 5.41) is 35.9. The minimum atomic E-state index is -1.53. The number of nitrogens with zero attached hydrogens (tertiary/aromatic N) is 2. The van der Waals surface area contributed by atoms with Gasteiger partial charge in [0.05, 0.1) is 12.6 Å². The van der Waals surface area contributed by atoms with Gasteiger partial charge in [-0.15, -0.1) is 0 Å². The Balaban J connectivity index is 2.95. The molecule has 0 fully saturated rings. The predicted octanol–water partition coefficient (Wildman–Crippen LogP) is -4.10. The number of hydrogen-bond donors (Lipinski definition) is 11. The number of aliphatic imine (C=N–C) groups is 2. The highest BCUT2D eigenvalue weighted by atomic mass is 16.4. The second-order valence-corrected chi connectivity index (χ2v) is 9.08. The first-order valence-electron chi connectivity index (χ1n) is 12.7. The van der Waals surface area contributed by atoms with Crippen molar-refractivity contribution in [3.05, 3.63) is 29.8 Å². The van der Waals surface area contributed by atoms with Crippen LogP contribution in [0.2, 0.25) is 0 Å². The van der Waals surface area contributed by atoms with Gasteiger partial charge in [-0.3, -0.25) is 24.4 Å². The topological polar surface area (TPSA) is 320 Å². The molecule has 0 radical (unpaired) electrons. The number of aliphatic hydroxyl groups excluding tert-OH is 1. The van der Waals surface area contributed by atoms with Crippen molar-refractivity contribution in [2.45, 2.75) is 56.3 Å². The van der Waals surface area contributed by atoms with Crippen LogP contribution in [0.15, 0.2) is 34.3 Å². The predicted molar refractivity (Wildman–Crippen MR) is 150 cm³/mol. The van der Waals surface area contributed by atoms with Crippen molar-refractivity contribution < 1.29 is 34.5 Å². The van der Waals surface area contributed by atoms with E-state index < -0.39 is 54.5 Å². The lowest BCUT2D eigenvalue weighted by atomic mass is 10.0. The van der Waals surface area contributed by atoms with Gasteiger partial charge in [0.15, 0.2) is 11.9 Å². The molecule has 17 nitrogen and oxygen atoms in total. The molecule has 4 atom stereocenters. The maximum Gasteiger partial charge on any atom is 0.326 e. The summed E-state index contributed by atoms with van der Waals surface area (Å²) in [4.78, 5) is 57.8. The van der Waals surface area contributed by atoms with Gasteiger partial charge in [-0.2, -0.15) is 0 Å². The maximum atomic E-state index is 13.2. The third kappa shape index (κ3) is 13.8. The van der Waals surface area contributed by atoms with E-state index in [-0.39, 0.29) is 56.4 Å². The zero-order valence-corrected chi connectivity index (χ0v) is 22.5. The van der Waals surface area contributed by atoms with Gasteiger partial charge in [0.2, 0.25) is 17.7 Å². The molecule has 1 rings (SSSR count). The molecule has 0 aliphatic carbocycles. The highest BCUT2D eigenvalue weighted by Gasteiger charge is 2.30. The van der Waals surface area contributed by atoms with Crippen LogP contribution in [0.5, 0.6) is 5.75 Å². The monoisotopic (exact) mass is 580 g/mol. The molecule has 0 bridgehead atoms. The van der Waals surface area contributed by atoms with Gasteiger partial charge in [0.1, 0.15) is 23.9 Å². The molecule has 0 spiro atoms. The Bertz CT molecular complexity index is 1070. The molecule has 3 amide bonds. The van der Waals surface area contributed by atoms with Crippen LogP contribution in [-0.2, 0) is 25.6 Å². The SMILES string of the molecule is NC(N)=NCCCC(N)C(=O)NC(Cc1ccc(O)cc1)C(=O)NC(CO)C(=O)NC(CCCN=C(N)N)C(=O)O. The Labute approximate surface area is 236 Å². The summed E-state index contributed by atoms with van der Waals surface area (Å²) in [6.45, 7) is -0.473. The number of carbonyl (C=O) groups is 4. The lowest BCUT2D eigenvalue weighted by Crippen LogP contribution is -2.58. The minimum absolute atomic E-state index is 0.00937. The average Bonchev–Trinajstić information content (AvgIpc) is 2.91. The van der Waals surface area contributed by atoms with Crippen LogP contribution in [-0.4, -0.2) is 94.8 Å². The summed E-state index contributed by atoms with van der Waals surface area (Å²) >= 11 is 0. The number of carbonyl (C=O) groups excluding carboxylic acids is 3. The summed E-state index contributed by atoms with van der Waals surface area (Å²) < 4.78 is 0. The van der Waals surface area contributed by atoms with Crippen LogP contribution in [0, 0.1) is 0 Å². The van der Waals surface area contributed by atoms with Crippen molar-refractivity contribution in [1.82, 2.24) is 16.0 Å². The zero-order valence-electron chi connectivity index (χ0n) is 22.5. The quantitative estimate of drug-likeness (QED) is 0.0448. The van der Waals surface area contributed by atoms with Gasteiger partial charge in [0.25, 0.3) is 0 Å². The fourth-order valence-electron chi connectivity index (χ4n) is 3.51. The molecular weight excluding hydrogens is 540 g/mol. The van der Waals surface area contributed by atoms with E-state index in [1.165, 1.54) is 24.3 Å². The summed E-state index contributed by atoms with van der Waals surface area (Å²) in [5.41, 5.74) is 27.5. The maximum absolute atomic E-state index is 13.2. The van der Waals surface area contributed by atoms with Crippen LogP contribution in [0.4, 0.5) is 0 Å². The zero-order chi connectivity index (χ0) is 30.9. The second-order valence-electron chi connectivity index (χ2n) is 9.08. The third-order valence-corrected chi connectivity index (χ3v) is 5.69. The van der Waals surface area contributed by atoms with E-state index in [2.05, 4.69) is 25.9 Å². The fourth-order valence-corrected chi connectivity index (χ4v) is 3.51. The summed E-state index contributed by atoms with van der Waals surface area (Å²) in [6.07, 6.45) is 0.756. The number of nitrogens with two attached hydrogens (primary N) is 5. The van der Waals surface area contributed by atoms with Crippen LogP contribution in [0.25, 0.3) is 0 Å². The molecular formula is C24H40N10O7. The summed E-state index contributed by atoms with van der Waals surface area (Å²) in [5.74, 6) is -4.07. The number of aromatic hydroxyl groups is 1.